The molecular weight excluding hydrogens is 286 g/mol. The van der Waals surface area contributed by atoms with Crippen LogP contribution >= 0.6 is 11.6 Å². The Morgan fingerprint density at radius 2 is 2.14 bits per heavy atom. The molecule has 5 heteroatoms. The number of ether oxygens (including phenoxy) is 1. The van der Waals surface area contributed by atoms with Crippen LogP contribution in [0.4, 0.5) is 0 Å². The van der Waals surface area contributed by atoms with Crippen molar-refractivity contribution in [3.05, 3.63) is 53.1 Å². The molecule has 1 N–H and O–H groups in total. The summed E-state index contributed by atoms with van der Waals surface area (Å²) in [6.07, 6.45) is 6.26. The van der Waals surface area contributed by atoms with Gasteiger partial charge >= 0.3 is 0 Å². The minimum absolute atomic E-state index is 0.0407. The minimum atomic E-state index is -0.0407. The van der Waals surface area contributed by atoms with Crippen LogP contribution in [0, 0.1) is 12.8 Å². The van der Waals surface area contributed by atoms with E-state index in [1.807, 2.05) is 37.5 Å². The van der Waals surface area contributed by atoms with Gasteiger partial charge in [0.2, 0.25) is 0 Å². The minimum Gasteiger partial charge on any atom is -0.485 e. The van der Waals surface area contributed by atoms with Crippen LogP contribution in [0.2, 0.25) is 5.02 Å². The molecule has 1 saturated heterocycles. The molecule has 0 bridgehead atoms. The molecule has 0 amide bonds. The zero-order valence-corrected chi connectivity index (χ0v) is 12.7. The topological polar surface area (TPSA) is 47.0 Å². The lowest BCUT2D eigenvalue weighted by atomic mass is 9.96. The molecule has 0 saturated carbocycles. The van der Waals surface area contributed by atoms with E-state index in [4.69, 9.17) is 16.3 Å². The van der Waals surface area contributed by atoms with Crippen molar-refractivity contribution in [2.24, 2.45) is 5.92 Å². The van der Waals surface area contributed by atoms with Crippen LogP contribution < -0.4 is 10.1 Å². The number of halogens is 1. The van der Waals surface area contributed by atoms with Crippen molar-refractivity contribution in [2.75, 3.05) is 13.1 Å². The van der Waals surface area contributed by atoms with Gasteiger partial charge in [0, 0.05) is 35.4 Å². The second-order valence-electron chi connectivity index (χ2n) is 5.37. The highest BCUT2D eigenvalue weighted by Gasteiger charge is 2.28. The van der Waals surface area contributed by atoms with Crippen LogP contribution in [-0.4, -0.2) is 23.1 Å². The maximum absolute atomic E-state index is 6.29. The molecule has 2 atom stereocenters. The third kappa shape index (κ3) is 3.34. The molecule has 1 fully saturated rings. The molecule has 1 aliphatic heterocycles. The molecule has 2 heterocycles. The lowest BCUT2D eigenvalue weighted by Crippen LogP contribution is -2.22. The van der Waals surface area contributed by atoms with Crippen LogP contribution in [0.3, 0.4) is 0 Å². The van der Waals surface area contributed by atoms with Crippen molar-refractivity contribution in [1.29, 1.82) is 0 Å². The smallest absolute Gasteiger partial charge is 0.131 e. The van der Waals surface area contributed by atoms with E-state index in [0.29, 0.717) is 5.92 Å². The third-order valence-corrected chi connectivity index (χ3v) is 4.06. The molecule has 1 aromatic carbocycles. The lowest BCUT2D eigenvalue weighted by Gasteiger charge is -2.25. The van der Waals surface area contributed by atoms with Crippen LogP contribution in [0.5, 0.6) is 5.75 Å². The molecule has 1 aromatic heterocycles. The zero-order valence-electron chi connectivity index (χ0n) is 11.9. The number of hydrogen-bond donors (Lipinski definition) is 1. The lowest BCUT2D eigenvalue weighted by molar-refractivity contribution is 0.142. The number of rotatable bonds is 4. The van der Waals surface area contributed by atoms with E-state index in [1.165, 1.54) is 0 Å². The predicted molar refractivity (Wildman–Crippen MR) is 82.6 cm³/mol. The van der Waals surface area contributed by atoms with Gasteiger partial charge < -0.3 is 10.1 Å². The summed E-state index contributed by atoms with van der Waals surface area (Å²) in [6, 6.07) is 5.70. The average Bonchev–Trinajstić information content (AvgIpc) is 3.01. The first kappa shape index (κ1) is 14.3. The summed E-state index contributed by atoms with van der Waals surface area (Å²) < 4.78 is 6.29. The van der Waals surface area contributed by atoms with E-state index in [1.54, 1.807) is 6.33 Å². The molecule has 0 radical (unpaired) electrons. The molecular formula is C16H18ClN3O. The van der Waals surface area contributed by atoms with Gasteiger partial charge in [0.25, 0.3) is 0 Å². The van der Waals surface area contributed by atoms with Crippen molar-refractivity contribution in [1.82, 2.24) is 15.3 Å². The summed E-state index contributed by atoms with van der Waals surface area (Å²) in [5, 5.41) is 4.11. The first-order valence-corrected chi connectivity index (χ1v) is 7.50. The Morgan fingerprint density at radius 1 is 1.33 bits per heavy atom. The zero-order chi connectivity index (χ0) is 14.7. The fourth-order valence-electron chi connectivity index (χ4n) is 2.71. The normalized spacial score (nSPS) is 19.4. The summed E-state index contributed by atoms with van der Waals surface area (Å²) in [6.45, 7) is 3.98. The maximum Gasteiger partial charge on any atom is 0.131 e. The van der Waals surface area contributed by atoms with Gasteiger partial charge in [0.05, 0.1) is 0 Å². The Kier molecular flexibility index (Phi) is 4.36. The van der Waals surface area contributed by atoms with Gasteiger partial charge in [-0.05, 0) is 43.7 Å². The Balaban J connectivity index is 1.88. The van der Waals surface area contributed by atoms with Crippen molar-refractivity contribution in [3.8, 4) is 5.75 Å². The van der Waals surface area contributed by atoms with E-state index < -0.39 is 0 Å². The first-order valence-electron chi connectivity index (χ1n) is 7.12. The monoisotopic (exact) mass is 303 g/mol. The fraction of sp³-hybridized carbons (Fsp3) is 0.375. The SMILES string of the molecule is Cc1cc(Cl)ccc1OC(c1cncnc1)C1CCNC1. The summed E-state index contributed by atoms with van der Waals surface area (Å²) in [5.41, 5.74) is 2.05. The van der Waals surface area contributed by atoms with Gasteiger partial charge in [0.15, 0.2) is 0 Å². The predicted octanol–water partition coefficient (Wildman–Crippen LogP) is 3.17. The van der Waals surface area contributed by atoms with Gasteiger partial charge in [-0.25, -0.2) is 9.97 Å². The van der Waals surface area contributed by atoms with Gasteiger partial charge in [-0.1, -0.05) is 11.6 Å². The summed E-state index contributed by atoms with van der Waals surface area (Å²) in [4.78, 5) is 8.25. The van der Waals surface area contributed by atoms with Crippen molar-refractivity contribution in [2.45, 2.75) is 19.4 Å². The number of benzene rings is 1. The molecule has 21 heavy (non-hydrogen) atoms. The number of hydrogen-bond acceptors (Lipinski definition) is 4. The van der Waals surface area contributed by atoms with E-state index in [2.05, 4.69) is 15.3 Å². The second-order valence-corrected chi connectivity index (χ2v) is 5.81. The Labute approximate surface area is 129 Å². The average molecular weight is 304 g/mol. The molecule has 0 spiro atoms. The molecule has 3 rings (SSSR count). The van der Waals surface area contributed by atoms with Crippen molar-refractivity contribution >= 4 is 11.6 Å². The Bertz CT molecular complexity index is 600. The molecule has 0 aliphatic carbocycles. The van der Waals surface area contributed by atoms with Gasteiger partial charge in [-0.15, -0.1) is 0 Å². The van der Waals surface area contributed by atoms with E-state index in [0.717, 1.165) is 41.4 Å². The van der Waals surface area contributed by atoms with E-state index >= 15 is 0 Å². The Morgan fingerprint density at radius 3 is 2.81 bits per heavy atom. The molecule has 2 aromatic rings. The molecule has 2 unspecified atom stereocenters. The maximum atomic E-state index is 6.29. The summed E-state index contributed by atoms with van der Waals surface area (Å²) in [7, 11) is 0. The molecule has 1 aliphatic rings. The largest absolute Gasteiger partial charge is 0.485 e. The third-order valence-electron chi connectivity index (χ3n) is 3.83. The van der Waals surface area contributed by atoms with Crippen LogP contribution in [0.15, 0.2) is 36.9 Å². The van der Waals surface area contributed by atoms with E-state index in [-0.39, 0.29) is 6.10 Å². The quantitative estimate of drug-likeness (QED) is 0.942. The highest BCUT2D eigenvalue weighted by Crippen LogP contribution is 2.33. The Hall–Kier alpha value is -1.65. The number of aryl methyl sites for hydroxylation is 1. The first-order chi connectivity index (χ1) is 10.2. The summed E-state index contributed by atoms with van der Waals surface area (Å²) >= 11 is 6.01. The van der Waals surface area contributed by atoms with Crippen LogP contribution in [0.25, 0.3) is 0 Å². The van der Waals surface area contributed by atoms with Crippen LogP contribution in [0.1, 0.15) is 23.7 Å². The molecule has 4 nitrogen and oxygen atoms in total. The van der Waals surface area contributed by atoms with Crippen molar-refractivity contribution in [3.63, 3.8) is 0 Å². The van der Waals surface area contributed by atoms with Gasteiger partial charge in [-0.2, -0.15) is 0 Å². The second kappa shape index (κ2) is 6.41. The fourth-order valence-corrected chi connectivity index (χ4v) is 2.94. The highest BCUT2D eigenvalue weighted by atomic mass is 35.5. The number of nitrogens with zero attached hydrogens (tertiary/aromatic N) is 2. The highest BCUT2D eigenvalue weighted by molar-refractivity contribution is 6.30. The van der Waals surface area contributed by atoms with E-state index in [9.17, 15) is 0 Å². The standard InChI is InChI=1S/C16H18ClN3O/c1-11-6-14(17)2-3-15(11)21-16(12-4-5-18-7-12)13-8-19-10-20-9-13/h2-3,6,8-10,12,16,18H,4-5,7H2,1H3. The van der Waals surface area contributed by atoms with Crippen LogP contribution in [-0.2, 0) is 0 Å². The van der Waals surface area contributed by atoms with Gasteiger partial charge in [0.1, 0.15) is 18.2 Å². The van der Waals surface area contributed by atoms with Crippen molar-refractivity contribution < 1.29 is 4.74 Å². The number of aromatic nitrogens is 2. The number of nitrogens with one attached hydrogen (secondary N) is 1. The summed E-state index contributed by atoms with van der Waals surface area (Å²) in [5.74, 6) is 1.28. The van der Waals surface area contributed by atoms with Gasteiger partial charge in [-0.3, -0.25) is 0 Å². The molecule has 110 valence electrons.